The zero-order valence-electron chi connectivity index (χ0n) is 9.31. The summed E-state index contributed by atoms with van der Waals surface area (Å²) in [5, 5.41) is 0. The van der Waals surface area contributed by atoms with Crippen molar-refractivity contribution in [3.05, 3.63) is 11.6 Å². The molecule has 0 fully saturated rings. The van der Waals surface area contributed by atoms with Gasteiger partial charge in [0.25, 0.3) is 0 Å². The maximum Gasteiger partial charge on any atom is 0.330 e. The number of hydrogen-bond donors (Lipinski definition) is 0. The molecule has 0 radical (unpaired) electrons. The highest BCUT2D eigenvalue weighted by atomic mass is 16.5. The highest BCUT2D eigenvalue weighted by molar-refractivity contribution is 5.82. The topological polar surface area (TPSA) is 26.3 Å². The molecule has 2 nitrogen and oxygen atoms in total. The molecule has 0 saturated carbocycles. The van der Waals surface area contributed by atoms with Gasteiger partial charge in [0.2, 0.25) is 0 Å². The van der Waals surface area contributed by atoms with Crippen molar-refractivity contribution in [2.45, 2.75) is 41.0 Å². The van der Waals surface area contributed by atoms with Crippen molar-refractivity contribution >= 4 is 5.97 Å². The Morgan fingerprint density at radius 2 is 1.92 bits per heavy atom. The lowest BCUT2D eigenvalue weighted by Crippen LogP contribution is -2.13. The normalized spacial score (nSPS) is 12.8. The second kappa shape index (κ2) is 5.05. The largest absolute Gasteiger partial charge is 0.463 e. The number of allylic oxidation sites excluding steroid dienone is 1. The first kappa shape index (κ1) is 12.2. The van der Waals surface area contributed by atoms with Crippen molar-refractivity contribution in [1.82, 2.24) is 0 Å². The Labute approximate surface area is 81.0 Å². The van der Waals surface area contributed by atoms with Gasteiger partial charge in [0.1, 0.15) is 0 Å². The van der Waals surface area contributed by atoms with E-state index >= 15 is 0 Å². The first-order chi connectivity index (χ1) is 5.94. The molecular formula is C11H20O2. The number of hydrogen-bond acceptors (Lipinski definition) is 2. The average molecular weight is 184 g/mol. The maximum absolute atomic E-state index is 11.1. The molecular weight excluding hydrogens is 164 g/mol. The molecule has 0 aromatic rings. The van der Waals surface area contributed by atoms with E-state index in [2.05, 4.69) is 20.8 Å². The molecule has 13 heavy (non-hydrogen) atoms. The average Bonchev–Trinajstić information content (AvgIpc) is 2.04. The second-order valence-electron chi connectivity index (χ2n) is 3.82. The number of ether oxygens (including phenoxy) is 1. The third-order valence-corrected chi connectivity index (χ3v) is 2.57. The fourth-order valence-electron chi connectivity index (χ4n) is 0.835. The zero-order chi connectivity index (χ0) is 10.5. The molecule has 0 aliphatic heterocycles. The molecule has 0 aromatic heterocycles. The number of carbonyl (C=O) groups is 1. The summed E-state index contributed by atoms with van der Waals surface area (Å²) >= 11 is 0. The molecule has 0 amide bonds. The minimum Gasteiger partial charge on any atom is -0.463 e. The molecule has 0 rings (SSSR count). The quantitative estimate of drug-likeness (QED) is 0.496. The van der Waals surface area contributed by atoms with E-state index in [9.17, 15) is 4.79 Å². The van der Waals surface area contributed by atoms with Gasteiger partial charge >= 0.3 is 5.97 Å². The third kappa shape index (κ3) is 4.11. The number of esters is 1. The molecule has 0 unspecified atom stereocenters. The monoisotopic (exact) mass is 184 g/mol. The van der Waals surface area contributed by atoms with Gasteiger partial charge in [0.15, 0.2) is 0 Å². The van der Waals surface area contributed by atoms with Crippen molar-refractivity contribution < 1.29 is 9.53 Å². The minimum absolute atomic E-state index is 0.0900. The van der Waals surface area contributed by atoms with Crippen LogP contribution in [-0.2, 0) is 9.53 Å². The van der Waals surface area contributed by atoms with Crippen LogP contribution in [-0.4, -0.2) is 12.6 Å². The first-order valence-corrected chi connectivity index (χ1v) is 4.79. The minimum atomic E-state index is -0.235. The second-order valence-corrected chi connectivity index (χ2v) is 3.82. The Morgan fingerprint density at radius 3 is 2.31 bits per heavy atom. The van der Waals surface area contributed by atoms with Crippen LogP contribution in [0.4, 0.5) is 0 Å². The van der Waals surface area contributed by atoms with Crippen LogP contribution in [0.1, 0.15) is 41.0 Å². The van der Waals surface area contributed by atoms with Crippen molar-refractivity contribution in [3.63, 3.8) is 0 Å². The molecule has 0 spiro atoms. The van der Waals surface area contributed by atoms with Gasteiger partial charge in [-0.3, -0.25) is 0 Å². The third-order valence-electron chi connectivity index (χ3n) is 2.57. The van der Waals surface area contributed by atoms with E-state index in [1.54, 1.807) is 6.08 Å². The lowest BCUT2D eigenvalue weighted by atomic mass is 9.82. The Kier molecular flexibility index (Phi) is 4.74. The van der Waals surface area contributed by atoms with Crippen molar-refractivity contribution in [2.24, 2.45) is 5.41 Å². The smallest absolute Gasteiger partial charge is 0.330 e. The molecule has 0 N–H and O–H groups in total. The van der Waals surface area contributed by atoms with Crippen LogP contribution in [0.25, 0.3) is 0 Å². The fraction of sp³-hybridized carbons (Fsp3) is 0.727. The fourth-order valence-corrected chi connectivity index (χ4v) is 0.835. The van der Waals surface area contributed by atoms with Crippen LogP contribution in [0, 0.1) is 5.41 Å². The molecule has 0 aliphatic rings. The maximum atomic E-state index is 11.1. The Balaban J connectivity index is 4.39. The number of rotatable bonds is 4. The van der Waals surface area contributed by atoms with E-state index in [-0.39, 0.29) is 11.4 Å². The predicted octanol–water partition coefficient (Wildman–Crippen LogP) is 2.93. The van der Waals surface area contributed by atoms with Crippen LogP contribution in [0.5, 0.6) is 0 Å². The van der Waals surface area contributed by atoms with Crippen LogP contribution >= 0.6 is 0 Å². The van der Waals surface area contributed by atoms with Crippen LogP contribution in [0.3, 0.4) is 0 Å². The summed E-state index contributed by atoms with van der Waals surface area (Å²) in [7, 11) is 0. The van der Waals surface area contributed by atoms with Gasteiger partial charge in [-0.15, -0.1) is 0 Å². The van der Waals surface area contributed by atoms with Gasteiger partial charge in [-0.2, -0.15) is 0 Å². The number of carbonyl (C=O) groups excluding carboxylic acids is 1. The van der Waals surface area contributed by atoms with Gasteiger partial charge in [-0.25, -0.2) is 4.79 Å². The summed E-state index contributed by atoms with van der Waals surface area (Å²) < 4.78 is 4.84. The molecule has 2 heteroatoms. The van der Waals surface area contributed by atoms with E-state index in [4.69, 9.17) is 4.74 Å². The first-order valence-electron chi connectivity index (χ1n) is 4.79. The van der Waals surface area contributed by atoms with Crippen molar-refractivity contribution in [3.8, 4) is 0 Å². The lowest BCUT2D eigenvalue weighted by Gasteiger charge is -2.23. The lowest BCUT2D eigenvalue weighted by molar-refractivity contribution is -0.137. The summed E-state index contributed by atoms with van der Waals surface area (Å²) in [5.41, 5.74) is 1.17. The summed E-state index contributed by atoms with van der Waals surface area (Å²) in [5.74, 6) is -0.235. The molecule has 0 bridgehead atoms. The summed E-state index contributed by atoms with van der Waals surface area (Å²) in [4.78, 5) is 11.1. The van der Waals surface area contributed by atoms with Crippen LogP contribution in [0.2, 0.25) is 0 Å². The van der Waals surface area contributed by atoms with E-state index in [0.717, 1.165) is 12.0 Å². The van der Waals surface area contributed by atoms with Crippen molar-refractivity contribution in [2.75, 3.05) is 6.61 Å². The van der Waals surface area contributed by atoms with Crippen LogP contribution in [0.15, 0.2) is 11.6 Å². The molecule has 0 saturated heterocycles. The SMILES string of the molecule is CCOC(=O)/C=C(\C)C(C)(C)CC. The molecule has 0 heterocycles. The zero-order valence-corrected chi connectivity index (χ0v) is 9.31. The van der Waals surface area contributed by atoms with Gasteiger partial charge in [0.05, 0.1) is 6.61 Å². The molecule has 76 valence electrons. The van der Waals surface area contributed by atoms with E-state index < -0.39 is 0 Å². The summed E-state index contributed by atoms with van der Waals surface area (Å²) in [6.45, 7) is 10.6. The highest BCUT2D eigenvalue weighted by Crippen LogP contribution is 2.29. The Hall–Kier alpha value is -0.790. The molecule has 0 aromatic carbocycles. The Morgan fingerprint density at radius 1 is 1.38 bits per heavy atom. The van der Waals surface area contributed by atoms with Gasteiger partial charge in [-0.05, 0) is 25.7 Å². The highest BCUT2D eigenvalue weighted by Gasteiger charge is 2.18. The summed E-state index contributed by atoms with van der Waals surface area (Å²) in [6.07, 6.45) is 2.61. The Bertz CT molecular complexity index is 202. The van der Waals surface area contributed by atoms with Gasteiger partial charge < -0.3 is 4.74 Å². The van der Waals surface area contributed by atoms with Crippen LogP contribution < -0.4 is 0 Å². The molecule has 0 aliphatic carbocycles. The predicted molar refractivity (Wildman–Crippen MR) is 54.5 cm³/mol. The summed E-state index contributed by atoms with van der Waals surface area (Å²) in [6, 6.07) is 0. The van der Waals surface area contributed by atoms with Crippen molar-refractivity contribution in [1.29, 1.82) is 0 Å². The van der Waals surface area contributed by atoms with E-state index in [1.807, 2.05) is 13.8 Å². The van der Waals surface area contributed by atoms with Gasteiger partial charge in [-0.1, -0.05) is 26.3 Å². The van der Waals surface area contributed by atoms with E-state index in [1.165, 1.54) is 0 Å². The molecule has 0 atom stereocenters. The van der Waals surface area contributed by atoms with E-state index in [0.29, 0.717) is 6.61 Å². The van der Waals surface area contributed by atoms with Gasteiger partial charge in [0, 0.05) is 6.08 Å². The standard InChI is InChI=1S/C11H20O2/c1-6-11(4,5)9(3)8-10(12)13-7-2/h8H,6-7H2,1-5H3/b9-8+.